The van der Waals surface area contributed by atoms with Crippen LogP contribution in [0.15, 0.2) is 12.2 Å². The highest BCUT2D eigenvalue weighted by Crippen LogP contribution is 2.38. The van der Waals surface area contributed by atoms with Crippen molar-refractivity contribution in [3.8, 4) is 0 Å². The molecule has 0 unspecified atom stereocenters. The second-order valence-corrected chi connectivity index (χ2v) is 6.12. The highest BCUT2D eigenvalue weighted by molar-refractivity contribution is 5.06. The van der Waals surface area contributed by atoms with Crippen LogP contribution in [0.2, 0.25) is 0 Å². The van der Waals surface area contributed by atoms with E-state index in [1.54, 1.807) is 0 Å². The van der Waals surface area contributed by atoms with Gasteiger partial charge in [0.15, 0.2) is 0 Å². The van der Waals surface area contributed by atoms with E-state index in [-0.39, 0.29) is 5.54 Å². The highest BCUT2D eigenvalue weighted by atomic mass is 15.3. The molecule has 0 aromatic rings. The van der Waals surface area contributed by atoms with Gasteiger partial charge < -0.3 is 5.32 Å². The van der Waals surface area contributed by atoms with Crippen LogP contribution in [0.1, 0.15) is 46.5 Å². The summed E-state index contributed by atoms with van der Waals surface area (Å²) >= 11 is 0. The van der Waals surface area contributed by atoms with Gasteiger partial charge in [-0.1, -0.05) is 25.0 Å². The third-order valence-corrected chi connectivity index (χ3v) is 4.25. The third-order valence-electron chi connectivity index (χ3n) is 4.25. The van der Waals surface area contributed by atoms with E-state index in [4.69, 9.17) is 0 Å². The lowest BCUT2D eigenvalue weighted by Crippen LogP contribution is -2.67. The molecule has 2 aliphatic rings. The van der Waals surface area contributed by atoms with Crippen LogP contribution in [0.3, 0.4) is 0 Å². The van der Waals surface area contributed by atoms with Crippen molar-refractivity contribution >= 4 is 0 Å². The summed E-state index contributed by atoms with van der Waals surface area (Å²) in [5.41, 5.74) is 0.741. The summed E-state index contributed by atoms with van der Waals surface area (Å²) in [6, 6.07) is 0. The van der Waals surface area contributed by atoms with Gasteiger partial charge in [-0.2, -0.15) is 0 Å². The van der Waals surface area contributed by atoms with Crippen LogP contribution in [-0.2, 0) is 0 Å². The minimum absolute atomic E-state index is 0.273. The van der Waals surface area contributed by atoms with Crippen molar-refractivity contribution < 1.29 is 0 Å². The van der Waals surface area contributed by atoms with Gasteiger partial charge in [0.05, 0.1) is 0 Å². The molecule has 2 heteroatoms. The SMILES string of the molecule is C/C=C/CN1CC(C)(C)NCC12CCCC2. The topological polar surface area (TPSA) is 15.3 Å². The molecule has 2 nitrogen and oxygen atoms in total. The van der Waals surface area contributed by atoms with Gasteiger partial charge in [0.1, 0.15) is 0 Å². The Bertz CT molecular complexity index is 262. The molecule has 0 atom stereocenters. The number of piperazine rings is 1. The van der Waals surface area contributed by atoms with Crippen LogP contribution >= 0.6 is 0 Å². The molecule has 0 aromatic heterocycles. The molecule has 0 aromatic carbocycles. The maximum Gasteiger partial charge on any atom is 0.0338 e. The number of hydrogen-bond donors (Lipinski definition) is 1. The molecule has 1 aliphatic carbocycles. The summed E-state index contributed by atoms with van der Waals surface area (Å²) in [5.74, 6) is 0. The third kappa shape index (κ3) is 2.33. The van der Waals surface area contributed by atoms with E-state index < -0.39 is 0 Å². The number of nitrogens with zero attached hydrogens (tertiary/aromatic N) is 1. The van der Waals surface area contributed by atoms with Crippen molar-refractivity contribution in [1.82, 2.24) is 10.2 Å². The molecule has 1 heterocycles. The Balaban J connectivity index is 2.11. The summed E-state index contributed by atoms with van der Waals surface area (Å²) < 4.78 is 0. The van der Waals surface area contributed by atoms with Gasteiger partial charge in [-0.05, 0) is 33.6 Å². The lowest BCUT2D eigenvalue weighted by atomic mass is 9.87. The fourth-order valence-corrected chi connectivity index (χ4v) is 3.23. The van der Waals surface area contributed by atoms with Gasteiger partial charge >= 0.3 is 0 Å². The van der Waals surface area contributed by atoms with Crippen molar-refractivity contribution in [3.05, 3.63) is 12.2 Å². The molecule has 92 valence electrons. The molecule has 1 spiro atoms. The van der Waals surface area contributed by atoms with Crippen molar-refractivity contribution in [1.29, 1.82) is 0 Å². The Hall–Kier alpha value is -0.340. The molecule has 2 rings (SSSR count). The van der Waals surface area contributed by atoms with E-state index in [0.29, 0.717) is 5.54 Å². The summed E-state index contributed by atoms with van der Waals surface area (Å²) in [7, 11) is 0. The first-order valence-corrected chi connectivity index (χ1v) is 6.69. The quantitative estimate of drug-likeness (QED) is 0.722. The fourth-order valence-electron chi connectivity index (χ4n) is 3.23. The van der Waals surface area contributed by atoms with E-state index in [0.717, 1.165) is 6.54 Å². The average Bonchev–Trinajstić information content (AvgIpc) is 2.70. The van der Waals surface area contributed by atoms with Crippen LogP contribution in [0.25, 0.3) is 0 Å². The zero-order chi connectivity index (χ0) is 11.6. The molecule has 16 heavy (non-hydrogen) atoms. The molecule has 0 radical (unpaired) electrons. The minimum atomic E-state index is 0.273. The van der Waals surface area contributed by atoms with Gasteiger partial charge in [0.25, 0.3) is 0 Å². The van der Waals surface area contributed by atoms with Crippen LogP contribution in [-0.4, -0.2) is 35.6 Å². The fraction of sp³-hybridized carbons (Fsp3) is 0.857. The number of hydrogen-bond acceptors (Lipinski definition) is 2. The molecule has 1 saturated heterocycles. The molecule has 0 amide bonds. The Morgan fingerprint density at radius 3 is 2.56 bits per heavy atom. The van der Waals surface area contributed by atoms with Gasteiger partial charge in [-0.25, -0.2) is 0 Å². The first-order valence-electron chi connectivity index (χ1n) is 6.69. The Morgan fingerprint density at radius 1 is 1.25 bits per heavy atom. The first-order chi connectivity index (χ1) is 7.58. The molecular weight excluding hydrogens is 196 g/mol. The maximum atomic E-state index is 3.73. The van der Waals surface area contributed by atoms with Gasteiger partial charge in [-0.3, -0.25) is 4.90 Å². The predicted molar refractivity (Wildman–Crippen MR) is 69.7 cm³/mol. The van der Waals surface area contributed by atoms with Crippen molar-refractivity contribution in [2.24, 2.45) is 0 Å². The normalized spacial score (nSPS) is 29.2. The first kappa shape index (κ1) is 12.1. The zero-order valence-corrected chi connectivity index (χ0v) is 11.1. The van der Waals surface area contributed by atoms with E-state index in [1.807, 2.05) is 0 Å². The molecule has 1 saturated carbocycles. The van der Waals surface area contributed by atoms with Gasteiger partial charge in [-0.15, -0.1) is 0 Å². The van der Waals surface area contributed by atoms with E-state index in [2.05, 4.69) is 43.1 Å². The number of allylic oxidation sites excluding steroid dienone is 1. The van der Waals surface area contributed by atoms with Crippen LogP contribution in [0.5, 0.6) is 0 Å². The largest absolute Gasteiger partial charge is 0.309 e. The molecular formula is C14H26N2. The van der Waals surface area contributed by atoms with Crippen LogP contribution in [0, 0.1) is 0 Å². The molecule has 1 aliphatic heterocycles. The Kier molecular flexibility index (Phi) is 3.41. The van der Waals surface area contributed by atoms with Crippen LogP contribution < -0.4 is 5.32 Å². The van der Waals surface area contributed by atoms with E-state index in [1.165, 1.54) is 38.8 Å². The molecule has 2 fully saturated rings. The Labute approximate surface area is 100 Å². The average molecular weight is 222 g/mol. The molecule has 1 N–H and O–H groups in total. The second-order valence-electron chi connectivity index (χ2n) is 6.12. The highest BCUT2D eigenvalue weighted by Gasteiger charge is 2.44. The molecule has 0 bridgehead atoms. The van der Waals surface area contributed by atoms with Crippen LogP contribution in [0.4, 0.5) is 0 Å². The summed E-state index contributed by atoms with van der Waals surface area (Å²) in [6.45, 7) is 10.2. The lowest BCUT2D eigenvalue weighted by Gasteiger charge is -2.51. The Morgan fingerprint density at radius 2 is 1.94 bits per heavy atom. The summed E-state index contributed by atoms with van der Waals surface area (Å²) in [6.07, 6.45) is 10.1. The monoisotopic (exact) mass is 222 g/mol. The standard InChI is InChI=1S/C14H26N2/c1-4-5-10-16-12-13(2,3)15-11-14(16)8-6-7-9-14/h4-5,15H,6-12H2,1-3H3/b5-4+. The predicted octanol–water partition coefficient (Wildman–Crippen LogP) is 2.56. The van der Waals surface area contributed by atoms with Crippen molar-refractivity contribution in [2.45, 2.75) is 57.5 Å². The summed E-state index contributed by atoms with van der Waals surface area (Å²) in [4.78, 5) is 2.72. The minimum Gasteiger partial charge on any atom is -0.309 e. The summed E-state index contributed by atoms with van der Waals surface area (Å²) in [5, 5.41) is 3.73. The second kappa shape index (κ2) is 4.50. The van der Waals surface area contributed by atoms with Gasteiger partial charge in [0, 0.05) is 30.7 Å². The maximum absolute atomic E-state index is 3.73. The smallest absolute Gasteiger partial charge is 0.0338 e. The van der Waals surface area contributed by atoms with Crippen molar-refractivity contribution in [2.75, 3.05) is 19.6 Å². The number of rotatable bonds is 2. The van der Waals surface area contributed by atoms with Gasteiger partial charge in [0.2, 0.25) is 0 Å². The van der Waals surface area contributed by atoms with E-state index in [9.17, 15) is 0 Å². The number of nitrogens with one attached hydrogen (secondary N) is 1. The van der Waals surface area contributed by atoms with Crippen molar-refractivity contribution in [3.63, 3.8) is 0 Å². The van der Waals surface area contributed by atoms with E-state index >= 15 is 0 Å². The zero-order valence-electron chi connectivity index (χ0n) is 11.1. The lowest BCUT2D eigenvalue weighted by molar-refractivity contribution is 0.0290.